The minimum Gasteiger partial charge on any atom is -0.478 e. The van der Waals surface area contributed by atoms with E-state index in [2.05, 4.69) is 4.74 Å². The average Bonchev–Trinajstić information content (AvgIpc) is 2.95. The number of fused-ring (bicyclic) bond motifs is 2. The molecule has 1 heterocycles. The Bertz CT molecular complexity index is 416. The van der Waals surface area contributed by atoms with Crippen LogP contribution in [-0.4, -0.2) is 23.0 Å². The number of cyclic esters (lactones) is 2. The van der Waals surface area contributed by atoms with E-state index in [1.54, 1.807) is 0 Å². The molecule has 2 unspecified atom stereocenters. The molecule has 1 N–H and O–H groups in total. The summed E-state index contributed by atoms with van der Waals surface area (Å²) >= 11 is 0. The summed E-state index contributed by atoms with van der Waals surface area (Å²) < 4.78 is 3.97. The molecule has 2 atom stereocenters. The maximum atomic E-state index is 10.5. The van der Waals surface area contributed by atoms with E-state index in [0.717, 1.165) is 25.0 Å². The van der Waals surface area contributed by atoms with Crippen molar-refractivity contribution in [2.75, 3.05) is 0 Å². The molecule has 0 aromatic heterocycles. The third-order valence-corrected chi connectivity index (χ3v) is 3.13. The molecule has 0 radical (unpaired) electrons. The van der Waals surface area contributed by atoms with Gasteiger partial charge in [-0.3, -0.25) is 0 Å². The van der Waals surface area contributed by atoms with Gasteiger partial charge in [-0.05, 0) is 31.1 Å². The number of carboxylic acids is 1. The van der Waals surface area contributed by atoms with E-state index in [1.807, 2.05) is 6.08 Å². The van der Waals surface area contributed by atoms with Gasteiger partial charge in [-0.2, -0.15) is 0 Å². The number of carbonyl (C=O) groups is 3. The number of hydrogen-bond donors (Lipinski definition) is 1. The third kappa shape index (κ3) is 2.61. The maximum absolute atomic E-state index is 10.5. The van der Waals surface area contributed by atoms with Gasteiger partial charge in [0.25, 0.3) is 0 Å². The van der Waals surface area contributed by atoms with Crippen LogP contribution in [0.5, 0.6) is 0 Å². The summed E-state index contributed by atoms with van der Waals surface area (Å²) in [6.07, 6.45) is 7.52. The van der Waals surface area contributed by atoms with Crippen molar-refractivity contribution in [3.8, 4) is 0 Å². The molecule has 3 aliphatic rings. The van der Waals surface area contributed by atoms with Gasteiger partial charge in [0.15, 0.2) is 0 Å². The molecule has 0 aromatic carbocycles. The minimum absolute atomic E-state index is 0.391. The Morgan fingerprint density at radius 2 is 1.88 bits per heavy atom. The number of ether oxygens (including phenoxy) is 1. The van der Waals surface area contributed by atoms with Gasteiger partial charge in [0.05, 0.1) is 0 Å². The van der Waals surface area contributed by atoms with E-state index < -0.39 is 17.9 Å². The molecule has 17 heavy (non-hydrogen) atoms. The van der Waals surface area contributed by atoms with Crippen LogP contribution in [0.15, 0.2) is 23.8 Å². The van der Waals surface area contributed by atoms with Crippen LogP contribution in [0.4, 0.5) is 0 Å². The number of allylic oxidation sites excluding steroid dienone is 1. The second-order valence-corrected chi connectivity index (χ2v) is 4.27. The Kier molecular flexibility index (Phi) is 3.08. The van der Waals surface area contributed by atoms with E-state index in [9.17, 15) is 14.4 Å². The lowest BCUT2D eigenvalue weighted by Gasteiger charge is -2.06. The van der Waals surface area contributed by atoms with E-state index in [-0.39, 0.29) is 0 Å². The van der Waals surface area contributed by atoms with Gasteiger partial charge in [0, 0.05) is 17.7 Å². The van der Waals surface area contributed by atoms with E-state index in [4.69, 9.17) is 5.11 Å². The highest BCUT2D eigenvalue weighted by Crippen LogP contribution is 2.43. The largest absolute Gasteiger partial charge is 0.478 e. The SMILES string of the molecule is O=C(O)C1=CC2CCC1C2.O=C1C=CC(=O)O1. The van der Waals surface area contributed by atoms with Gasteiger partial charge in [0.1, 0.15) is 0 Å². The number of esters is 2. The number of carboxylic acid groups (broad SMARTS) is 1. The second kappa shape index (κ2) is 4.53. The molecule has 90 valence electrons. The number of hydrogen-bond acceptors (Lipinski definition) is 4. The highest BCUT2D eigenvalue weighted by atomic mass is 16.6. The van der Waals surface area contributed by atoms with Gasteiger partial charge in [-0.15, -0.1) is 0 Å². The molecular formula is C12H12O5. The molecule has 0 saturated heterocycles. The summed E-state index contributed by atoms with van der Waals surface area (Å²) in [5.74, 6) is -0.874. The molecule has 2 aliphatic carbocycles. The van der Waals surface area contributed by atoms with Gasteiger partial charge in [-0.1, -0.05) is 6.08 Å². The first-order valence-electron chi connectivity index (χ1n) is 5.45. The number of rotatable bonds is 1. The Morgan fingerprint density at radius 3 is 2.12 bits per heavy atom. The standard InChI is InChI=1S/C8H10O2.C4H2O3/c9-8(10)7-4-5-1-2-6(7)3-5;5-3-1-2-4(6)7-3/h4-6H,1-3H2,(H,9,10);1-2H. The lowest BCUT2D eigenvalue weighted by atomic mass is 9.99. The first-order chi connectivity index (χ1) is 8.06. The Balaban J connectivity index is 0.000000136. The monoisotopic (exact) mass is 236 g/mol. The van der Waals surface area contributed by atoms with Crippen molar-refractivity contribution < 1.29 is 24.2 Å². The van der Waals surface area contributed by atoms with Crippen LogP contribution < -0.4 is 0 Å². The first-order valence-corrected chi connectivity index (χ1v) is 5.45. The van der Waals surface area contributed by atoms with Crippen molar-refractivity contribution in [3.05, 3.63) is 23.8 Å². The highest BCUT2D eigenvalue weighted by molar-refractivity contribution is 6.04. The zero-order valence-corrected chi connectivity index (χ0v) is 9.09. The van der Waals surface area contributed by atoms with Crippen molar-refractivity contribution in [2.24, 2.45) is 11.8 Å². The van der Waals surface area contributed by atoms with Gasteiger partial charge in [0.2, 0.25) is 0 Å². The molecule has 2 bridgehead atoms. The Labute approximate surface area is 97.8 Å². The van der Waals surface area contributed by atoms with E-state index in [1.165, 1.54) is 6.42 Å². The molecule has 0 amide bonds. The van der Waals surface area contributed by atoms with Gasteiger partial charge < -0.3 is 9.84 Å². The topological polar surface area (TPSA) is 80.7 Å². The van der Waals surface area contributed by atoms with Crippen molar-refractivity contribution >= 4 is 17.9 Å². The average molecular weight is 236 g/mol. The van der Waals surface area contributed by atoms with Crippen LogP contribution in [-0.2, 0) is 19.1 Å². The molecule has 0 spiro atoms. The summed E-state index contributed by atoms with van der Waals surface area (Å²) in [6.45, 7) is 0. The summed E-state index contributed by atoms with van der Waals surface area (Å²) in [7, 11) is 0. The zero-order chi connectivity index (χ0) is 12.4. The van der Waals surface area contributed by atoms with Gasteiger partial charge in [-0.25, -0.2) is 14.4 Å². The second-order valence-electron chi connectivity index (χ2n) is 4.27. The van der Waals surface area contributed by atoms with Crippen LogP contribution in [0.3, 0.4) is 0 Å². The molecule has 0 aromatic rings. The number of carbonyl (C=O) groups excluding carboxylic acids is 2. The summed E-state index contributed by atoms with van der Waals surface area (Å²) in [5, 5.41) is 8.67. The van der Waals surface area contributed by atoms with E-state index >= 15 is 0 Å². The predicted molar refractivity (Wildman–Crippen MR) is 56.8 cm³/mol. The third-order valence-electron chi connectivity index (χ3n) is 3.13. The van der Waals surface area contributed by atoms with Crippen LogP contribution in [0.2, 0.25) is 0 Å². The highest BCUT2D eigenvalue weighted by Gasteiger charge is 2.35. The predicted octanol–water partition coefficient (Wildman–Crippen LogP) is 1.05. The van der Waals surface area contributed by atoms with E-state index in [0.29, 0.717) is 17.4 Å². The lowest BCUT2D eigenvalue weighted by Crippen LogP contribution is -2.07. The van der Waals surface area contributed by atoms with Crippen LogP contribution in [0, 0.1) is 11.8 Å². The minimum atomic E-state index is -0.702. The molecule has 1 saturated carbocycles. The number of aliphatic carboxylic acids is 1. The molecule has 1 aliphatic heterocycles. The normalized spacial score (nSPS) is 28.6. The van der Waals surface area contributed by atoms with Crippen molar-refractivity contribution in [1.82, 2.24) is 0 Å². The molecule has 3 rings (SSSR count). The quantitative estimate of drug-likeness (QED) is 0.543. The molecule has 5 heteroatoms. The van der Waals surface area contributed by atoms with Crippen LogP contribution in [0.25, 0.3) is 0 Å². The maximum Gasteiger partial charge on any atom is 0.338 e. The Hall–Kier alpha value is -1.91. The Morgan fingerprint density at radius 1 is 1.24 bits per heavy atom. The van der Waals surface area contributed by atoms with Crippen LogP contribution in [0.1, 0.15) is 19.3 Å². The smallest absolute Gasteiger partial charge is 0.338 e. The summed E-state index contributed by atoms with van der Waals surface area (Å²) in [5.41, 5.74) is 0.677. The van der Waals surface area contributed by atoms with Crippen molar-refractivity contribution in [3.63, 3.8) is 0 Å². The zero-order valence-electron chi connectivity index (χ0n) is 9.09. The lowest BCUT2D eigenvalue weighted by molar-refractivity contribution is -0.150. The fraction of sp³-hybridized carbons (Fsp3) is 0.417. The van der Waals surface area contributed by atoms with Crippen LogP contribution >= 0.6 is 0 Å². The van der Waals surface area contributed by atoms with Gasteiger partial charge >= 0.3 is 17.9 Å². The van der Waals surface area contributed by atoms with Crippen molar-refractivity contribution in [2.45, 2.75) is 19.3 Å². The fourth-order valence-electron chi connectivity index (χ4n) is 2.39. The molecule has 5 nitrogen and oxygen atoms in total. The summed E-state index contributed by atoms with van der Waals surface area (Å²) in [6, 6.07) is 0. The molecular weight excluding hydrogens is 224 g/mol. The first kappa shape index (κ1) is 11.6. The fourth-order valence-corrected chi connectivity index (χ4v) is 2.39. The van der Waals surface area contributed by atoms with Crippen molar-refractivity contribution in [1.29, 1.82) is 0 Å². The summed E-state index contributed by atoms with van der Waals surface area (Å²) in [4.78, 5) is 30.4. The molecule has 1 fully saturated rings.